The Balaban J connectivity index is 1.81. The van der Waals surface area contributed by atoms with E-state index in [2.05, 4.69) is 5.32 Å². The SMILES string of the molecule is CN(CC(=O)Nc1cccc(C(=O)O)c1)CC1COCCO1. The Morgan fingerprint density at radius 2 is 2.23 bits per heavy atom. The molecule has 1 atom stereocenters. The standard InChI is InChI=1S/C15H20N2O5/c1-17(8-13-10-21-5-6-22-13)9-14(18)16-12-4-2-3-11(7-12)15(19)20/h2-4,7,13H,5-6,8-10H2,1H3,(H,16,18)(H,19,20). The summed E-state index contributed by atoms with van der Waals surface area (Å²) in [6.07, 6.45) is -0.0260. The molecular formula is C15H20N2O5. The van der Waals surface area contributed by atoms with Gasteiger partial charge in [0.15, 0.2) is 0 Å². The molecule has 1 heterocycles. The van der Waals surface area contributed by atoms with Gasteiger partial charge >= 0.3 is 5.97 Å². The van der Waals surface area contributed by atoms with E-state index < -0.39 is 5.97 Å². The van der Waals surface area contributed by atoms with Crippen LogP contribution in [-0.4, -0.2) is 67.9 Å². The summed E-state index contributed by atoms with van der Waals surface area (Å²) in [4.78, 5) is 24.7. The molecule has 7 nitrogen and oxygen atoms in total. The number of anilines is 1. The van der Waals surface area contributed by atoms with Gasteiger partial charge in [0.05, 0.1) is 38.0 Å². The largest absolute Gasteiger partial charge is 0.478 e. The predicted molar refractivity (Wildman–Crippen MR) is 80.1 cm³/mol. The number of carbonyl (C=O) groups is 2. The molecule has 2 N–H and O–H groups in total. The zero-order valence-corrected chi connectivity index (χ0v) is 12.4. The lowest BCUT2D eigenvalue weighted by Gasteiger charge is -2.27. The molecule has 1 aromatic carbocycles. The van der Waals surface area contributed by atoms with E-state index in [4.69, 9.17) is 14.6 Å². The number of hydrogen-bond donors (Lipinski definition) is 2. The molecule has 1 aliphatic heterocycles. The van der Waals surface area contributed by atoms with Gasteiger partial charge in [0.25, 0.3) is 0 Å². The summed E-state index contributed by atoms with van der Waals surface area (Å²) in [6.45, 7) is 2.51. The first-order chi connectivity index (χ1) is 10.5. The van der Waals surface area contributed by atoms with Crippen molar-refractivity contribution >= 4 is 17.6 Å². The average Bonchev–Trinajstić information content (AvgIpc) is 2.48. The number of carbonyl (C=O) groups excluding carboxylic acids is 1. The zero-order valence-electron chi connectivity index (χ0n) is 12.4. The van der Waals surface area contributed by atoms with Gasteiger partial charge in [-0.1, -0.05) is 6.07 Å². The van der Waals surface area contributed by atoms with Crippen LogP contribution in [0, 0.1) is 0 Å². The molecule has 0 saturated carbocycles. The van der Waals surface area contributed by atoms with Crippen LogP contribution in [-0.2, 0) is 14.3 Å². The first-order valence-electron chi connectivity index (χ1n) is 7.05. The molecule has 1 aromatic rings. The summed E-state index contributed by atoms with van der Waals surface area (Å²) in [5, 5.41) is 11.6. The van der Waals surface area contributed by atoms with Gasteiger partial charge in [-0.25, -0.2) is 4.79 Å². The van der Waals surface area contributed by atoms with Gasteiger partial charge in [-0.15, -0.1) is 0 Å². The molecule has 0 bridgehead atoms. The first-order valence-corrected chi connectivity index (χ1v) is 7.05. The number of benzene rings is 1. The fraction of sp³-hybridized carbons (Fsp3) is 0.467. The number of nitrogens with one attached hydrogen (secondary N) is 1. The van der Waals surface area contributed by atoms with E-state index in [0.29, 0.717) is 32.1 Å². The number of ether oxygens (including phenoxy) is 2. The molecule has 0 aromatic heterocycles. The van der Waals surface area contributed by atoms with Crippen LogP contribution in [0.3, 0.4) is 0 Å². The van der Waals surface area contributed by atoms with Crippen molar-refractivity contribution < 1.29 is 24.2 Å². The number of carboxylic acid groups (broad SMARTS) is 1. The lowest BCUT2D eigenvalue weighted by molar-refractivity contribution is -0.119. The highest BCUT2D eigenvalue weighted by atomic mass is 16.6. The van der Waals surface area contributed by atoms with Crippen LogP contribution >= 0.6 is 0 Å². The van der Waals surface area contributed by atoms with E-state index in [-0.39, 0.29) is 24.1 Å². The summed E-state index contributed by atoms with van der Waals surface area (Å²) in [6, 6.07) is 6.15. The lowest BCUT2D eigenvalue weighted by Crippen LogP contribution is -2.41. The van der Waals surface area contributed by atoms with E-state index in [1.54, 1.807) is 12.1 Å². The highest BCUT2D eigenvalue weighted by Gasteiger charge is 2.17. The smallest absolute Gasteiger partial charge is 0.335 e. The molecule has 0 spiro atoms. The molecule has 1 unspecified atom stereocenters. The maximum atomic E-state index is 12.0. The lowest BCUT2D eigenvalue weighted by atomic mass is 10.2. The molecule has 0 radical (unpaired) electrons. The Morgan fingerprint density at radius 1 is 1.41 bits per heavy atom. The number of aromatic carboxylic acids is 1. The minimum atomic E-state index is -1.03. The number of carboxylic acids is 1. The number of rotatable bonds is 6. The average molecular weight is 308 g/mol. The van der Waals surface area contributed by atoms with Crippen molar-refractivity contribution in [3.05, 3.63) is 29.8 Å². The molecule has 7 heteroatoms. The number of likely N-dealkylation sites (N-methyl/N-ethyl adjacent to an activating group) is 1. The maximum absolute atomic E-state index is 12.0. The Labute approximate surface area is 128 Å². The molecule has 120 valence electrons. The van der Waals surface area contributed by atoms with Gasteiger partial charge in [0, 0.05) is 12.2 Å². The second-order valence-corrected chi connectivity index (χ2v) is 5.20. The Hall–Kier alpha value is -1.96. The molecule has 1 amide bonds. The second kappa shape index (κ2) is 7.88. The molecule has 2 rings (SSSR count). The Morgan fingerprint density at radius 3 is 2.91 bits per heavy atom. The van der Waals surface area contributed by atoms with Gasteiger partial charge in [0.2, 0.25) is 5.91 Å². The predicted octanol–water partition coefficient (Wildman–Crippen LogP) is 0.670. The minimum absolute atomic E-state index is 0.0260. The van der Waals surface area contributed by atoms with Crippen LogP contribution in [0.4, 0.5) is 5.69 Å². The van der Waals surface area contributed by atoms with Crippen LogP contribution in [0.2, 0.25) is 0 Å². The first kappa shape index (κ1) is 16.4. The fourth-order valence-electron chi connectivity index (χ4n) is 2.23. The zero-order chi connectivity index (χ0) is 15.9. The van der Waals surface area contributed by atoms with Crippen LogP contribution in [0.15, 0.2) is 24.3 Å². The molecule has 1 aliphatic rings. The monoisotopic (exact) mass is 308 g/mol. The molecular weight excluding hydrogens is 288 g/mol. The Kier molecular flexibility index (Phi) is 5.88. The van der Waals surface area contributed by atoms with Gasteiger partial charge in [-0.2, -0.15) is 0 Å². The normalized spacial score (nSPS) is 18.2. The van der Waals surface area contributed by atoms with Crippen LogP contribution in [0.1, 0.15) is 10.4 Å². The quantitative estimate of drug-likeness (QED) is 0.803. The van der Waals surface area contributed by atoms with Crippen molar-refractivity contribution in [2.45, 2.75) is 6.10 Å². The van der Waals surface area contributed by atoms with E-state index in [0.717, 1.165) is 0 Å². The number of amides is 1. The van der Waals surface area contributed by atoms with Gasteiger partial charge in [0.1, 0.15) is 0 Å². The summed E-state index contributed by atoms with van der Waals surface area (Å²) >= 11 is 0. The van der Waals surface area contributed by atoms with Crippen LogP contribution in [0.5, 0.6) is 0 Å². The molecule has 22 heavy (non-hydrogen) atoms. The molecule has 1 fully saturated rings. The van der Waals surface area contributed by atoms with Crippen molar-refractivity contribution in [1.29, 1.82) is 0 Å². The summed E-state index contributed by atoms with van der Waals surface area (Å²) in [5.41, 5.74) is 0.606. The van der Waals surface area contributed by atoms with Crippen LogP contribution < -0.4 is 5.32 Å². The van der Waals surface area contributed by atoms with Gasteiger partial charge in [-0.05, 0) is 25.2 Å². The fourth-order valence-corrected chi connectivity index (χ4v) is 2.23. The Bertz CT molecular complexity index is 528. The third kappa shape index (κ3) is 5.10. The van der Waals surface area contributed by atoms with E-state index >= 15 is 0 Å². The molecule has 0 aliphatic carbocycles. The summed E-state index contributed by atoms with van der Waals surface area (Å²) in [7, 11) is 1.82. The van der Waals surface area contributed by atoms with Crippen LogP contribution in [0.25, 0.3) is 0 Å². The highest BCUT2D eigenvalue weighted by molar-refractivity contribution is 5.94. The third-order valence-corrected chi connectivity index (χ3v) is 3.21. The number of nitrogens with zero attached hydrogens (tertiary/aromatic N) is 1. The van der Waals surface area contributed by atoms with Gasteiger partial charge in [-0.3, -0.25) is 9.69 Å². The minimum Gasteiger partial charge on any atom is -0.478 e. The van der Waals surface area contributed by atoms with Crippen molar-refractivity contribution in [2.75, 3.05) is 45.3 Å². The van der Waals surface area contributed by atoms with Gasteiger partial charge < -0.3 is 19.9 Å². The highest BCUT2D eigenvalue weighted by Crippen LogP contribution is 2.11. The van der Waals surface area contributed by atoms with E-state index in [1.165, 1.54) is 12.1 Å². The summed E-state index contributed by atoms with van der Waals surface area (Å²) < 4.78 is 10.8. The summed E-state index contributed by atoms with van der Waals surface area (Å²) in [5.74, 6) is -1.23. The van der Waals surface area contributed by atoms with Crippen molar-refractivity contribution in [3.63, 3.8) is 0 Å². The van der Waals surface area contributed by atoms with Crippen molar-refractivity contribution in [2.24, 2.45) is 0 Å². The number of hydrogen-bond acceptors (Lipinski definition) is 5. The van der Waals surface area contributed by atoms with Crippen molar-refractivity contribution in [3.8, 4) is 0 Å². The maximum Gasteiger partial charge on any atom is 0.335 e. The van der Waals surface area contributed by atoms with Crippen molar-refractivity contribution in [1.82, 2.24) is 4.90 Å². The van der Waals surface area contributed by atoms with E-state index in [1.807, 2.05) is 11.9 Å². The second-order valence-electron chi connectivity index (χ2n) is 5.20. The van der Waals surface area contributed by atoms with E-state index in [9.17, 15) is 9.59 Å². The topological polar surface area (TPSA) is 88.1 Å². The molecule has 1 saturated heterocycles. The third-order valence-electron chi connectivity index (χ3n) is 3.21.